The summed E-state index contributed by atoms with van der Waals surface area (Å²) in [6.45, 7) is 0.992. The summed E-state index contributed by atoms with van der Waals surface area (Å²) in [7, 11) is -2.65. The van der Waals surface area contributed by atoms with Gasteiger partial charge >= 0.3 is 0 Å². The van der Waals surface area contributed by atoms with E-state index in [1.165, 1.54) is 31.4 Å². The third kappa shape index (κ3) is 8.79. The highest BCUT2D eigenvalue weighted by Crippen LogP contribution is 2.13. The van der Waals surface area contributed by atoms with Crippen LogP contribution in [0.15, 0.2) is 77.8 Å². The molecule has 3 amide bonds. The van der Waals surface area contributed by atoms with Gasteiger partial charge < -0.3 is 15.4 Å². The molecule has 0 atom stereocenters. The number of nitrogens with one attached hydrogen (secondary N) is 3. The number of nitrogens with zero attached hydrogens (tertiary/aromatic N) is 1. The number of rotatable bonds is 13. The standard InChI is InChI=1S/C27H30N4O6S/c1-37-17-16-29-27(34)24-12-11-22(19-30-24)26(33)31-38(35,36)23-9-5-8-21(18-23)14-15-28-25(32)13-10-20-6-3-2-4-7-20/h2-9,11-12,18-19H,10,13-17H2,1H3,(H,28,32)(H,29,34)(H,31,33). The zero-order chi connectivity index (χ0) is 27.4. The van der Waals surface area contributed by atoms with Crippen LogP contribution in [0.5, 0.6) is 0 Å². The van der Waals surface area contributed by atoms with Crippen LogP contribution >= 0.6 is 0 Å². The Labute approximate surface area is 221 Å². The summed E-state index contributed by atoms with van der Waals surface area (Å²) in [5.41, 5.74) is 1.84. The van der Waals surface area contributed by atoms with Crippen molar-refractivity contribution >= 4 is 27.7 Å². The summed E-state index contributed by atoms with van der Waals surface area (Å²) < 4.78 is 32.5. The SMILES string of the molecule is COCCNC(=O)c1ccc(C(=O)NS(=O)(=O)c2cccc(CCNC(=O)CCc3ccccc3)c2)cn1. The van der Waals surface area contributed by atoms with Crippen LogP contribution in [-0.2, 0) is 32.4 Å². The second kappa shape index (κ2) is 14.0. The number of hydrogen-bond acceptors (Lipinski definition) is 7. The molecule has 1 aromatic heterocycles. The van der Waals surface area contributed by atoms with Gasteiger partial charge in [-0.05, 0) is 48.2 Å². The number of benzene rings is 2. The van der Waals surface area contributed by atoms with Crippen molar-refractivity contribution in [3.05, 3.63) is 95.3 Å². The highest BCUT2D eigenvalue weighted by atomic mass is 32.2. The van der Waals surface area contributed by atoms with E-state index in [1.807, 2.05) is 35.1 Å². The van der Waals surface area contributed by atoms with Crippen LogP contribution < -0.4 is 15.4 Å². The molecule has 0 saturated carbocycles. The molecular formula is C27H30N4O6S. The summed E-state index contributed by atoms with van der Waals surface area (Å²) >= 11 is 0. The molecule has 0 fully saturated rings. The van der Waals surface area contributed by atoms with Crippen LogP contribution in [0.25, 0.3) is 0 Å². The topological polar surface area (TPSA) is 144 Å². The summed E-state index contributed by atoms with van der Waals surface area (Å²) in [5, 5.41) is 5.44. The summed E-state index contributed by atoms with van der Waals surface area (Å²) in [6, 6.07) is 18.5. The molecule has 0 spiro atoms. The Morgan fingerprint density at radius 2 is 1.61 bits per heavy atom. The zero-order valence-corrected chi connectivity index (χ0v) is 21.8. The first-order valence-corrected chi connectivity index (χ1v) is 13.5. The fourth-order valence-electron chi connectivity index (χ4n) is 3.46. The number of ether oxygens (including phenoxy) is 1. The maximum atomic E-state index is 12.8. The predicted molar refractivity (Wildman–Crippen MR) is 141 cm³/mol. The van der Waals surface area contributed by atoms with Crippen LogP contribution in [0.4, 0.5) is 0 Å². The second-order valence-corrected chi connectivity index (χ2v) is 10.0. The van der Waals surface area contributed by atoms with Crippen LogP contribution in [0.2, 0.25) is 0 Å². The number of aromatic nitrogens is 1. The van der Waals surface area contributed by atoms with Crippen molar-refractivity contribution in [2.24, 2.45) is 0 Å². The Morgan fingerprint density at radius 3 is 2.32 bits per heavy atom. The van der Waals surface area contributed by atoms with E-state index >= 15 is 0 Å². The summed E-state index contributed by atoms with van der Waals surface area (Å²) in [6.07, 6.45) is 2.55. The fourth-order valence-corrected chi connectivity index (χ4v) is 4.51. The first kappa shape index (κ1) is 28.5. The Balaban J connectivity index is 1.52. The molecule has 0 unspecified atom stereocenters. The van der Waals surface area contributed by atoms with Crippen molar-refractivity contribution in [3.63, 3.8) is 0 Å². The third-order valence-corrected chi connectivity index (χ3v) is 6.83. The van der Waals surface area contributed by atoms with E-state index in [2.05, 4.69) is 15.6 Å². The van der Waals surface area contributed by atoms with Gasteiger partial charge in [0, 0.05) is 32.8 Å². The van der Waals surface area contributed by atoms with Gasteiger partial charge in [0.15, 0.2) is 0 Å². The van der Waals surface area contributed by atoms with Gasteiger partial charge in [0.25, 0.3) is 21.8 Å². The Morgan fingerprint density at radius 1 is 0.842 bits per heavy atom. The highest BCUT2D eigenvalue weighted by Gasteiger charge is 2.20. The van der Waals surface area contributed by atoms with Crippen molar-refractivity contribution in [1.82, 2.24) is 20.3 Å². The molecule has 3 aromatic rings. The predicted octanol–water partition coefficient (Wildman–Crippen LogP) is 1.87. The average Bonchev–Trinajstić information content (AvgIpc) is 2.92. The number of sulfonamides is 1. The third-order valence-electron chi connectivity index (χ3n) is 5.51. The molecule has 3 rings (SSSR count). The van der Waals surface area contributed by atoms with Gasteiger partial charge in [0.1, 0.15) is 5.69 Å². The molecule has 0 bridgehead atoms. The van der Waals surface area contributed by atoms with E-state index in [9.17, 15) is 22.8 Å². The van der Waals surface area contributed by atoms with E-state index in [-0.39, 0.29) is 22.1 Å². The molecule has 0 aliphatic rings. The Bertz CT molecular complexity index is 1350. The van der Waals surface area contributed by atoms with Crippen molar-refractivity contribution in [2.45, 2.75) is 24.2 Å². The Kier molecular flexibility index (Phi) is 10.5. The van der Waals surface area contributed by atoms with Crippen molar-refractivity contribution < 1.29 is 27.5 Å². The van der Waals surface area contributed by atoms with E-state index < -0.39 is 21.8 Å². The molecule has 200 valence electrons. The fraction of sp³-hybridized carbons (Fsp3) is 0.259. The number of carbonyl (C=O) groups is 3. The molecule has 2 aromatic carbocycles. The van der Waals surface area contributed by atoms with Gasteiger partial charge in [-0.25, -0.2) is 13.1 Å². The lowest BCUT2D eigenvalue weighted by atomic mass is 10.1. The molecule has 11 heteroatoms. The van der Waals surface area contributed by atoms with E-state index in [4.69, 9.17) is 4.74 Å². The first-order chi connectivity index (χ1) is 18.3. The van der Waals surface area contributed by atoms with Crippen LogP contribution in [0, 0.1) is 0 Å². The molecule has 0 aliphatic carbocycles. The molecular weight excluding hydrogens is 508 g/mol. The van der Waals surface area contributed by atoms with Gasteiger partial charge in [-0.2, -0.15) is 0 Å². The van der Waals surface area contributed by atoms with Crippen molar-refractivity contribution in [3.8, 4) is 0 Å². The normalized spacial score (nSPS) is 11.0. The van der Waals surface area contributed by atoms with Gasteiger partial charge in [-0.3, -0.25) is 19.4 Å². The molecule has 0 saturated heterocycles. The van der Waals surface area contributed by atoms with Gasteiger partial charge in [-0.1, -0.05) is 42.5 Å². The van der Waals surface area contributed by atoms with Gasteiger partial charge in [-0.15, -0.1) is 0 Å². The molecule has 38 heavy (non-hydrogen) atoms. The lowest BCUT2D eigenvalue weighted by Gasteiger charge is -2.10. The summed E-state index contributed by atoms with van der Waals surface area (Å²) in [4.78, 5) is 40.5. The second-order valence-electron chi connectivity index (χ2n) is 8.35. The number of carbonyl (C=O) groups excluding carboxylic acids is 3. The van der Waals surface area contributed by atoms with Crippen molar-refractivity contribution in [2.75, 3.05) is 26.8 Å². The maximum absolute atomic E-state index is 12.8. The van der Waals surface area contributed by atoms with E-state index in [0.29, 0.717) is 44.5 Å². The Hall–Kier alpha value is -4.09. The van der Waals surface area contributed by atoms with Crippen LogP contribution in [-0.4, -0.2) is 57.9 Å². The minimum atomic E-state index is -4.16. The smallest absolute Gasteiger partial charge is 0.269 e. The largest absolute Gasteiger partial charge is 0.383 e. The lowest BCUT2D eigenvalue weighted by Crippen LogP contribution is -2.31. The molecule has 3 N–H and O–H groups in total. The quantitative estimate of drug-likeness (QED) is 0.282. The average molecular weight is 539 g/mol. The number of methoxy groups -OCH3 is 1. The highest BCUT2D eigenvalue weighted by molar-refractivity contribution is 7.90. The monoisotopic (exact) mass is 538 g/mol. The van der Waals surface area contributed by atoms with Crippen LogP contribution in [0.3, 0.4) is 0 Å². The first-order valence-electron chi connectivity index (χ1n) is 12.0. The molecule has 10 nitrogen and oxygen atoms in total. The molecule has 0 aliphatic heterocycles. The van der Waals surface area contributed by atoms with Crippen molar-refractivity contribution in [1.29, 1.82) is 0 Å². The van der Waals surface area contributed by atoms with Gasteiger partial charge in [0.2, 0.25) is 5.91 Å². The number of aryl methyl sites for hydroxylation is 1. The lowest BCUT2D eigenvalue weighted by molar-refractivity contribution is -0.121. The molecule has 1 heterocycles. The summed E-state index contributed by atoms with van der Waals surface area (Å²) in [5.74, 6) is -1.40. The van der Waals surface area contributed by atoms with Crippen LogP contribution in [0.1, 0.15) is 38.4 Å². The number of pyridine rings is 1. The van der Waals surface area contributed by atoms with Gasteiger partial charge in [0.05, 0.1) is 17.1 Å². The molecule has 0 radical (unpaired) electrons. The zero-order valence-electron chi connectivity index (χ0n) is 21.0. The maximum Gasteiger partial charge on any atom is 0.269 e. The number of hydrogen-bond donors (Lipinski definition) is 3. The van der Waals surface area contributed by atoms with E-state index in [1.54, 1.807) is 12.1 Å². The minimum Gasteiger partial charge on any atom is -0.383 e. The number of amides is 3. The van der Waals surface area contributed by atoms with E-state index in [0.717, 1.165) is 11.8 Å². The minimum absolute atomic E-state index is 0.0172.